The van der Waals surface area contributed by atoms with Gasteiger partial charge in [-0.05, 0) is 23.8 Å². The Morgan fingerprint density at radius 3 is 2.85 bits per heavy atom. The molecule has 1 atom stereocenters. The third-order valence-corrected chi connectivity index (χ3v) is 5.76. The zero-order valence-electron chi connectivity index (χ0n) is 18.2. The topological polar surface area (TPSA) is 135 Å². The van der Waals surface area contributed by atoms with Gasteiger partial charge in [0.2, 0.25) is 18.6 Å². The number of carbonyl (C=O) groups is 2. The van der Waals surface area contributed by atoms with E-state index in [0.29, 0.717) is 42.9 Å². The van der Waals surface area contributed by atoms with Crippen LogP contribution in [-0.2, 0) is 11.3 Å². The molecule has 2 aromatic heterocycles. The molecule has 0 spiro atoms. The maximum absolute atomic E-state index is 12.8. The molecule has 12 heteroatoms. The summed E-state index contributed by atoms with van der Waals surface area (Å²) in [5.41, 5.74) is 0.881. The maximum Gasteiger partial charge on any atom is 0.407 e. The van der Waals surface area contributed by atoms with E-state index >= 15 is 0 Å². The minimum Gasteiger partial charge on any atom is -0.465 e. The molecule has 176 valence electrons. The quantitative estimate of drug-likeness (QED) is 0.552. The molecule has 0 radical (unpaired) electrons. The highest BCUT2D eigenvalue weighted by molar-refractivity contribution is 5.77. The van der Waals surface area contributed by atoms with Gasteiger partial charge in [0.1, 0.15) is 12.1 Å². The Balaban J connectivity index is 1.29. The molecule has 1 aromatic carbocycles. The first-order valence-corrected chi connectivity index (χ1v) is 10.8. The lowest BCUT2D eigenvalue weighted by Gasteiger charge is -2.40. The number of rotatable bonds is 6. The molecule has 2 amide bonds. The smallest absolute Gasteiger partial charge is 0.407 e. The van der Waals surface area contributed by atoms with Gasteiger partial charge in [0.25, 0.3) is 0 Å². The molecule has 4 heterocycles. The Kier molecular flexibility index (Phi) is 5.85. The SMILES string of the molecule is O=C(CC1CN(C(=O)O)CCN1c1ccnc(-n2ccnc2)n1)NCc1ccc2c(c1)OCO2. The van der Waals surface area contributed by atoms with Crippen LogP contribution in [-0.4, -0.2) is 74.0 Å². The molecule has 0 aliphatic carbocycles. The van der Waals surface area contributed by atoms with Crippen LogP contribution in [0.1, 0.15) is 12.0 Å². The summed E-state index contributed by atoms with van der Waals surface area (Å²) in [7, 11) is 0. The van der Waals surface area contributed by atoms with E-state index in [1.54, 1.807) is 35.6 Å². The van der Waals surface area contributed by atoms with Crippen molar-refractivity contribution in [2.45, 2.75) is 19.0 Å². The molecule has 1 saturated heterocycles. The highest BCUT2D eigenvalue weighted by Crippen LogP contribution is 2.32. The van der Waals surface area contributed by atoms with E-state index in [1.807, 2.05) is 23.1 Å². The summed E-state index contributed by atoms with van der Waals surface area (Å²) < 4.78 is 12.4. The van der Waals surface area contributed by atoms with Gasteiger partial charge < -0.3 is 29.7 Å². The zero-order chi connectivity index (χ0) is 23.5. The van der Waals surface area contributed by atoms with Crippen molar-refractivity contribution in [1.82, 2.24) is 29.7 Å². The molecule has 2 N–H and O–H groups in total. The molecular formula is C22H23N7O5. The number of aromatic nitrogens is 4. The van der Waals surface area contributed by atoms with Crippen molar-refractivity contribution in [3.8, 4) is 17.4 Å². The lowest BCUT2D eigenvalue weighted by Crippen LogP contribution is -2.56. The highest BCUT2D eigenvalue weighted by Gasteiger charge is 2.32. The first-order valence-electron chi connectivity index (χ1n) is 10.8. The predicted molar refractivity (Wildman–Crippen MR) is 119 cm³/mol. The van der Waals surface area contributed by atoms with E-state index in [-0.39, 0.29) is 31.7 Å². The average Bonchev–Trinajstić information content (AvgIpc) is 3.55. The third-order valence-electron chi connectivity index (χ3n) is 5.76. The Bertz CT molecular complexity index is 1190. The Morgan fingerprint density at radius 1 is 1.15 bits per heavy atom. The fraction of sp³-hybridized carbons (Fsp3) is 0.318. The molecule has 34 heavy (non-hydrogen) atoms. The largest absolute Gasteiger partial charge is 0.465 e. The Labute approximate surface area is 194 Å². The molecule has 0 bridgehead atoms. The highest BCUT2D eigenvalue weighted by atomic mass is 16.7. The van der Waals surface area contributed by atoms with Crippen LogP contribution in [0.25, 0.3) is 5.95 Å². The van der Waals surface area contributed by atoms with Crippen molar-refractivity contribution in [2.75, 3.05) is 31.3 Å². The predicted octanol–water partition coefficient (Wildman–Crippen LogP) is 1.27. The zero-order valence-corrected chi connectivity index (χ0v) is 18.2. The second-order valence-corrected chi connectivity index (χ2v) is 7.93. The number of carboxylic acid groups (broad SMARTS) is 1. The first-order chi connectivity index (χ1) is 16.6. The number of ether oxygens (including phenoxy) is 2. The number of anilines is 1. The van der Waals surface area contributed by atoms with Crippen LogP contribution in [0.15, 0.2) is 49.2 Å². The van der Waals surface area contributed by atoms with E-state index in [4.69, 9.17) is 9.47 Å². The van der Waals surface area contributed by atoms with Crippen molar-refractivity contribution in [1.29, 1.82) is 0 Å². The second-order valence-electron chi connectivity index (χ2n) is 7.93. The van der Waals surface area contributed by atoms with Gasteiger partial charge in [0.15, 0.2) is 11.5 Å². The molecular weight excluding hydrogens is 442 g/mol. The van der Waals surface area contributed by atoms with Crippen LogP contribution in [0.4, 0.5) is 10.6 Å². The van der Waals surface area contributed by atoms with Crippen LogP contribution in [0.5, 0.6) is 11.5 Å². The number of hydrogen-bond acceptors (Lipinski definition) is 8. The van der Waals surface area contributed by atoms with E-state index < -0.39 is 6.09 Å². The summed E-state index contributed by atoms with van der Waals surface area (Å²) in [6, 6.07) is 6.89. The molecule has 1 fully saturated rings. The summed E-state index contributed by atoms with van der Waals surface area (Å²) in [5.74, 6) is 2.21. The van der Waals surface area contributed by atoms with Crippen LogP contribution < -0.4 is 19.7 Å². The number of fused-ring (bicyclic) bond motifs is 1. The lowest BCUT2D eigenvalue weighted by atomic mass is 10.1. The summed E-state index contributed by atoms with van der Waals surface area (Å²) in [4.78, 5) is 40.6. The number of hydrogen-bond donors (Lipinski definition) is 2. The fourth-order valence-electron chi connectivity index (χ4n) is 4.04. The van der Waals surface area contributed by atoms with E-state index in [0.717, 1.165) is 5.56 Å². The lowest BCUT2D eigenvalue weighted by molar-refractivity contribution is -0.121. The first kappa shape index (κ1) is 21.5. The number of nitrogens with zero attached hydrogens (tertiary/aromatic N) is 6. The van der Waals surface area contributed by atoms with E-state index in [9.17, 15) is 14.7 Å². The van der Waals surface area contributed by atoms with Gasteiger partial charge >= 0.3 is 6.09 Å². The average molecular weight is 465 g/mol. The number of piperazine rings is 1. The van der Waals surface area contributed by atoms with E-state index in [2.05, 4.69) is 20.3 Å². The van der Waals surface area contributed by atoms with Crippen LogP contribution in [0, 0.1) is 0 Å². The molecule has 3 aromatic rings. The molecule has 12 nitrogen and oxygen atoms in total. The summed E-state index contributed by atoms with van der Waals surface area (Å²) in [6.45, 7) is 1.43. The van der Waals surface area contributed by atoms with Gasteiger partial charge in [0, 0.05) is 51.2 Å². The number of imidazole rings is 1. The van der Waals surface area contributed by atoms with Gasteiger partial charge in [0.05, 0.1) is 6.04 Å². The van der Waals surface area contributed by atoms with Gasteiger partial charge in [-0.1, -0.05) is 6.07 Å². The van der Waals surface area contributed by atoms with Crippen molar-refractivity contribution in [2.24, 2.45) is 0 Å². The van der Waals surface area contributed by atoms with Gasteiger partial charge in [-0.15, -0.1) is 0 Å². The van der Waals surface area contributed by atoms with Crippen LogP contribution in [0.3, 0.4) is 0 Å². The normalized spacial score (nSPS) is 17.0. The molecule has 1 unspecified atom stereocenters. The van der Waals surface area contributed by atoms with E-state index in [1.165, 1.54) is 4.90 Å². The van der Waals surface area contributed by atoms with Crippen LogP contribution >= 0.6 is 0 Å². The Hall–Kier alpha value is -4.35. The van der Waals surface area contributed by atoms with Crippen molar-refractivity contribution in [3.63, 3.8) is 0 Å². The minimum absolute atomic E-state index is 0.110. The third kappa shape index (κ3) is 4.56. The number of carbonyl (C=O) groups excluding carboxylic acids is 1. The molecule has 2 aliphatic rings. The maximum atomic E-state index is 12.8. The fourth-order valence-corrected chi connectivity index (χ4v) is 4.04. The van der Waals surface area contributed by atoms with Gasteiger partial charge in [-0.3, -0.25) is 9.36 Å². The molecule has 0 saturated carbocycles. The summed E-state index contributed by atoms with van der Waals surface area (Å²) >= 11 is 0. The van der Waals surface area contributed by atoms with Crippen molar-refractivity contribution < 1.29 is 24.2 Å². The van der Waals surface area contributed by atoms with Gasteiger partial charge in [-0.25, -0.2) is 14.8 Å². The number of benzene rings is 1. The summed E-state index contributed by atoms with van der Waals surface area (Å²) in [6.07, 6.45) is 5.71. The number of nitrogens with one attached hydrogen (secondary N) is 1. The second kappa shape index (κ2) is 9.25. The molecule has 2 aliphatic heterocycles. The van der Waals surface area contributed by atoms with Gasteiger partial charge in [-0.2, -0.15) is 4.98 Å². The summed E-state index contributed by atoms with van der Waals surface area (Å²) in [5, 5.41) is 12.4. The Morgan fingerprint density at radius 2 is 2.03 bits per heavy atom. The van der Waals surface area contributed by atoms with Crippen LogP contribution in [0.2, 0.25) is 0 Å². The molecule has 5 rings (SSSR count). The number of amides is 2. The van der Waals surface area contributed by atoms with Crippen molar-refractivity contribution >= 4 is 17.8 Å². The minimum atomic E-state index is -1.01. The van der Waals surface area contributed by atoms with Crippen molar-refractivity contribution in [3.05, 3.63) is 54.7 Å². The monoisotopic (exact) mass is 465 g/mol. The standard InChI is InChI=1S/C22H23N7O5/c30-20(25-11-15-1-2-17-18(9-15)34-14-33-17)10-16-12-27(22(31)32)7-8-29(16)19-3-4-24-21(26-19)28-6-5-23-13-28/h1-6,9,13,16H,7-8,10-12,14H2,(H,25,30)(H,31,32).